The van der Waals surface area contributed by atoms with Gasteiger partial charge in [0.2, 0.25) is 0 Å². The molecule has 118 valence electrons. The van der Waals surface area contributed by atoms with Crippen molar-refractivity contribution >= 4 is 47.9 Å². The number of nitrogens with two attached hydrogens (primary N) is 1. The number of carbonyl (C=O) groups is 1. The Balaban J connectivity index is 1.78. The Kier molecular flexibility index (Phi) is 3.68. The third-order valence-corrected chi connectivity index (χ3v) is 4.92. The summed E-state index contributed by atoms with van der Waals surface area (Å²) >= 11 is -4.91. The number of benzene rings is 1. The van der Waals surface area contributed by atoms with Crippen LogP contribution in [0.1, 0.15) is 0 Å². The maximum absolute atomic E-state index is 11.6. The van der Waals surface area contributed by atoms with Crippen LogP contribution in [0.15, 0.2) is 49.5 Å². The van der Waals surface area contributed by atoms with Gasteiger partial charge in [0.15, 0.2) is 0 Å². The summed E-state index contributed by atoms with van der Waals surface area (Å²) in [5.74, 6) is -0.413. The van der Waals surface area contributed by atoms with Gasteiger partial charge < -0.3 is 0 Å². The van der Waals surface area contributed by atoms with Crippen LogP contribution in [-0.4, -0.2) is 52.1 Å². The van der Waals surface area contributed by atoms with Crippen LogP contribution < -0.4 is 15.4 Å². The van der Waals surface area contributed by atoms with Gasteiger partial charge >= 0.3 is 131 Å². The van der Waals surface area contributed by atoms with Gasteiger partial charge in [-0.25, -0.2) is 0 Å². The number of azo groups is 1. The number of hydrogen-bond donors (Lipinski definition) is 4. The summed E-state index contributed by atoms with van der Waals surface area (Å²) in [6, 6.07) is 4.45. The number of rotatable bonds is 2. The fraction of sp³-hybridized carbons (Fsp3) is 0.0909. The van der Waals surface area contributed by atoms with Gasteiger partial charge in [0.05, 0.1) is 0 Å². The first-order valence-corrected chi connectivity index (χ1v) is 9.60. The van der Waals surface area contributed by atoms with E-state index in [1.165, 1.54) is 24.3 Å². The molecule has 1 atom stereocenters. The van der Waals surface area contributed by atoms with E-state index in [0.717, 1.165) is 0 Å². The summed E-state index contributed by atoms with van der Waals surface area (Å²) in [5, 5.41) is 9.94. The Hall–Kier alpha value is -2.62. The summed E-state index contributed by atoms with van der Waals surface area (Å²) in [6.45, 7) is 0. The predicted molar refractivity (Wildman–Crippen MR) is 79.9 cm³/mol. The second-order valence-corrected chi connectivity index (χ2v) is 7.91. The van der Waals surface area contributed by atoms with Crippen LogP contribution in [0, 0.1) is 0 Å². The normalized spacial score (nSPS) is 20.7. The minimum atomic E-state index is -4.91. The molecule has 0 bridgehead atoms. The molecule has 0 aliphatic carbocycles. The van der Waals surface area contributed by atoms with Gasteiger partial charge in [0.25, 0.3) is 0 Å². The van der Waals surface area contributed by atoms with Crippen molar-refractivity contribution in [3.05, 3.63) is 24.3 Å². The van der Waals surface area contributed by atoms with E-state index in [1.54, 1.807) is 0 Å². The Morgan fingerprint density at radius 3 is 2.52 bits per heavy atom. The number of amidine groups is 1. The first-order chi connectivity index (χ1) is 10.8. The van der Waals surface area contributed by atoms with Crippen molar-refractivity contribution in [2.24, 2.45) is 30.9 Å². The number of nitrogens with one attached hydrogen (secondary N) is 1. The molecule has 1 unspecified atom stereocenters. The molecule has 11 nitrogen and oxygen atoms in total. The molecule has 2 heterocycles. The Bertz CT molecular complexity index is 836. The van der Waals surface area contributed by atoms with Crippen LogP contribution in [0.3, 0.4) is 0 Å². The van der Waals surface area contributed by atoms with Crippen molar-refractivity contribution < 1.29 is 16.7 Å². The molecule has 23 heavy (non-hydrogen) atoms. The SMILES string of the molecule is NC1=NC2=NC(N=Nc3ccc([As](=O)(O)O)cc3)=NC2C(=O)N1. The first-order valence-electron chi connectivity index (χ1n) is 6.22. The van der Waals surface area contributed by atoms with Gasteiger partial charge in [-0.1, -0.05) is 0 Å². The van der Waals surface area contributed by atoms with Crippen molar-refractivity contribution in [2.75, 3.05) is 0 Å². The zero-order chi connectivity index (χ0) is 16.6. The number of fused-ring (bicyclic) bond motifs is 1. The molecule has 3 rings (SSSR count). The zero-order valence-electron chi connectivity index (χ0n) is 11.4. The summed E-state index contributed by atoms with van der Waals surface area (Å²) in [7, 11) is 0. The molecule has 0 radical (unpaired) electrons. The fourth-order valence-corrected chi connectivity index (χ4v) is 2.97. The van der Waals surface area contributed by atoms with E-state index in [-0.39, 0.29) is 22.1 Å². The van der Waals surface area contributed by atoms with Crippen molar-refractivity contribution in [1.29, 1.82) is 0 Å². The average Bonchev–Trinajstić information content (AvgIpc) is 2.88. The van der Waals surface area contributed by atoms with Crippen LogP contribution in [0.5, 0.6) is 0 Å². The summed E-state index contributed by atoms with van der Waals surface area (Å²) in [4.78, 5) is 23.4. The molecule has 0 saturated heterocycles. The molecule has 2 aliphatic rings. The quantitative estimate of drug-likeness (QED) is 0.340. The Labute approximate surface area is 131 Å². The Morgan fingerprint density at radius 2 is 1.87 bits per heavy atom. The number of aliphatic imine (C=N–C) groups is 3. The van der Waals surface area contributed by atoms with Crippen LogP contribution in [0.4, 0.5) is 5.69 Å². The van der Waals surface area contributed by atoms with Crippen LogP contribution in [0.2, 0.25) is 0 Å². The molecule has 0 fully saturated rings. The standard InChI is InChI=1S/C11H10AsN7O4/c13-10-15-8-7(9(20)17-10)14-11(16-8)19-18-6-3-1-5(2-4-6)12(21,22)23/h1-4,7H,(H2,21,22,23)(H3,13,14,15,16,17,20). The molecule has 0 spiro atoms. The molecule has 1 aromatic rings. The predicted octanol–water partition coefficient (Wildman–Crippen LogP) is -2.09. The van der Waals surface area contributed by atoms with Gasteiger partial charge in [-0.05, 0) is 0 Å². The van der Waals surface area contributed by atoms with Crippen molar-refractivity contribution in [3.63, 3.8) is 0 Å². The van der Waals surface area contributed by atoms with E-state index in [9.17, 15) is 8.53 Å². The minimum absolute atomic E-state index is 0.0400. The van der Waals surface area contributed by atoms with Gasteiger partial charge in [-0.3, -0.25) is 0 Å². The van der Waals surface area contributed by atoms with E-state index in [4.69, 9.17) is 13.9 Å². The van der Waals surface area contributed by atoms with E-state index >= 15 is 0 Å². The van der Waals surface area contributed by atoms with E-state index in [1.807, 2.05) is 0 Å². The second kappa shape index (κ2) is 5.54. The van der Waals surface area contributed by atoms with E-state index < -0.39 is 26.1 Å². The third kappa shape index (κ3) is 3.26. The van der Waals surface area contributed by atoms with Crippen molar-refractivity contribution in [3.8, 4) is 0 Å². The van der Waals surface area contributed by atoms with Crippen LogP contribution in [-0.2, 0) is 8.53 Å². The molecular weight excluding hydrogens is 369 g/mol. The van der Waals surface area contributed by atoms with E-state index in [2.05, 4.69) is 30.5 Å². The Morgan fingerprint density at radius 1 is 1.17 bits per heavy atom. The van der Waals surface area contributed by atoms with Gasteiger partial charge in [0.1, 0.15) is 0 Å². The topological polar surface area (TPSA) is 174 Å². The van der Waals surface area contributed by atoms with Crippen LogP contribution >= 0.6 is 0 Å². The summed E-state index contributed by atoms with van der Waals surface area (Å²) in [5.41, 5.74) is 5.76. The molecular formula is C11H10AsN7O4. The molecule has 0 aromatic heterocycles. The van der Waals surface area contributed by atoms with Gasteiger partial charge in [0, 0.05) is 0 Å². The molecule has 0 saturated carbocycles. The van der Waals surface area contributed by atoms with Crippen molar-refractivity contribution in [2.45, 2.75) is 6.04 Å². The average molecular weight is 379 g/mol. The van der Waals surface area contributed by atoms with Crippen LogP contribution in [0.25, 0.3) is 0 Å². The monoisotopic (exact) mass is 379 g/mol. The maximum atomic E-state index is 11.6. The number of carbonyl (C=O) groups excluding carboxylic acids is 1. The molecule has 2 aliphatic heterocycles. The number of hydrogen-bond acceptors (Lipinski definition) is 8. The third-order valence-electron chi connectivity index (χ3n) is 2.88. The molecule has 12 heteroatoms. The summed E-state index contributed by atoms with van der Waals surface area (Å²) in [6.07, 6.45) is 0. The van der Waals surface area contributed by atoms with Crippen molar-refractivity contribution in [1.82, 2.24) is 5.32 Å². The fourth-order valence-electron chi connectivity index (χ4n) is 1.84. The number of guanidine groups is 2. The van der Waals surface area contributed by atoms with E-state index in [0.29, 0.717) is 5.69 Å². The molecule has 1 aromatic carbocycles. The number of nitrogens with zero attached hydrogens (tertiary/aromatic N) is 5. The zero-order valence-corrected chi connectivity index (χ0v) is 13.2. The summed E-state index contributed by atoms with van der Waals surface area (Å²) < 4.78 is 29.2. The number of amides is 1. The molecule has 1 amide bonds. The first kappa shape index (κ1) is 15.3. The molecule has 5 N–H and O–H groups in total. The second-order valence-electron chi connectivity index (χ2n) is 4.55. The van der Waals surface area contributed by atoms with Gasteiger partial charge in [-0.15, -0.1) is 0 Å². The van der Waals surface area contributed by atoms with Gasteiger partial charge in [-0.2, -0.15) is 0 Å².